The van der Waals surface area contributed by atoms with Gasteiger partial charge >= 0.3 is 5.97 Å². The van der Waals surface area contributed by atoms with Crippen molar-refractivity contribution in [3.63, 3.8) is 0 Å². The summed E-state index contributed by atoms with van der Waals surface area (Å²) in [7, 11) is 0. The zero-order valence-electron chi connectivity index (χ0n) is 15.0. The van der Waals surface area contributed by atoms with Gasteiger partial charge in [-0.05, 0) is 37.0 Å². The van der Waals surface area contributed by atoms with Crippen molar-refractivity contribution in [3.05, 3.63) is 70.8 Å². The van der Waals surface area contributed by atoms with E-state index in [4.69, 9.17) is 4.74 Å². The average Bonchev–Trinajstić information content (AvgIpc) is 2.62. The first-order valence-corrected chi connectivity index (χ1v) is 8.57. The second-order valence-electron chi connectivity index (χ2n) is 6.21. The first-order valence-electron chi connectivity index (χ1n) is 8.57. The summed E-state index contributed by atoms with van der Waals surface area (Å²) in [4.78, 5) is 23.8. The maximum absolute atomic E-state index is 12.0. The van der Waals surface area contributed by atoms with Crippen molar-refractivity contribution < 1.29 is 14.3 Å². The molecule has 1 N–H and O–H groups in total. The smallest absolute Gasteiger partial charge is 0.310 e. The minimum atomic E-state index is -0.404. The molecule has 25 heavy (non-hydrogen) atoms. The van der Waals surface area contributed by atoms with Gasteiger partial charge in [-0.15, -0.1) is 0 Å². The molecular formula is C21H25NO3. The van der Waals surface area contributed by atoms with E-state index in [1.165, 1.54) is 5.56 Å². The monoisotopic (exact) mass is 339 g/mol. The molecule has 0 aliphatic rings. The van der Waals surface area contributed by atoms with Crippen LogP contribution < -0.4 is 5.32 Å². The Morgan fingerprint density at radius 2 is 1.60 bits per heavy atom. The van der Waals surface area contributed by atoms with Gasteiger partial charge in [0, 0.05) is 0 Å². The lowest BCUT2D eigenvalue weighted by molar-refractivity contribution is -0.148. The third-order valence-corrected chi connectivity index (χ3v) is 4.10. The molecule has 1 atom stereocenters. The van der Waals surface area contributed by atoms with E-state index in [1.807, 2.05) is 50.2 Å². The summed E-state index contributed by atoms with van der Waals surface area (Å²) in [5.41, 5.74) is 4.29. The second-order valence-corrected chi connectivity index (χ2v) is 6.21. The van der Waals surface area contributed by atoms with Crippen LogP contribution in [-0.2, 0) is 27.2 Å². The van der Waals surface area contributed by atoms with Crippen LogP contribution in [-0.4, -0.2) is 18.5 Å². The van der Waals surface area contributed by atoms with Gasteiger partial charge in [0.1, 0.15) is 0 Å². The fourth-order valence-electron chi connectivity index (χ4n) is 2.48. The molecular weight excluding hydrogens is 314 g/mol. The lowest BCUT2D eigenvalue weighted by atomic mass is 10.1. The van der Waals surface area contributed by atoms with Crippen LogP contribution in [0.2, 0.25) is 0 Å². The van der Waals surface area contributed by atoms with Crippen molar-refractivity contribution in [1.82, 2.24) is 5.32 Å². The molecule has 0 aromatic heterocycles. The summed E-state index contributed by atoms with van der Waals surface area (Å²) in [6.07, 6.45) is 1.15. The first-order chi connectivity index (χ1) is 12.0. The summed E-state index contributed by atoms with van der Waals surface area (Å²) in [5, 5.41) is 2.84. The van der Waals surface area contributed by atoms with Crippen LogP contribution in [0, 0.1) is 6.92 Å². The quantitative estimate of drug-likeness (QED) is 0.785. The van der Waals surface area contributed by atoms with Crippen LogP contribution in [0.1, 0.15) is 42.1 Å². The van der Waals surface area contributed by atoms with Crippen molar-refractivity contribution in [3.8, 4) is 0 Å². The van der Waals surface area contributed by atoms with Gasteiger partial charge in [-0.25, -0.2) is 0 Å². The summed E-state index contributed by atoms with van der Waals surface area (Å²) < 4.78 is 5.06. The maximum Gasteiger partial charge on any atom is 0.310 e. The number of carbonyl (C=O) groups is 2. The molecule has 1 amide bonds. The van der Waals surface area contributed by atoms with Crippen molar-refractivity contribution in [1.29, 1.82) is 0 Å². The van der Waals surface area contributed by atoms with Gasteiger partial charge in [0.05, 0.1) is 12.5 Å². The highest BCUT2D eigenvalue weighted by Gasteiger charge is 2.12. The van der Waals surface area contributed by atoms with Gasteiger partial charge in [0.2, 0.25) is 0 Å². The van der Waals surface area contributed by atoms with Gasteiger partial charge in [0.15, 0.2) is 6.61 Å². The number of carbonyl (C=O) groups excluding carboxylic acids is 2. The van der Waals surface area contributed by atoms with E-state index in [0.717, 1.165) is 23.1 Å². The predicted molar refractivity (Wildman–Crippen MR) is 98.2 cm³/mol. The van der Waals surface area contributed by atoms with E-state index in [0.29, 0.717) is 0 Å². The zero-order valence-corrected chi connectivity index (χ0v) is 15.0. The third kappa shape index (κ3) is 6.07. The molecule has 0 aliphatic heterocycles. The summed E-state index contributed by atoms with van der Waals surface area (Å²) >= 11 is 0. The maximum atomic E-state index is 12.0. The Labute approximate surface area is 149 Å². The summed E-state index contributed by atoms with van der Waals surface area (Å²) in [6, 6.07) is 15.7. The molecule has 0 aliphatic carbocycles. The SMILES string of the molecule is CCc1ccc([C@H](C)NC(=O)COC(=O)Cc2ccc(C)cc2)cc1. The third-order valence-electron chi connectivity index (χ3n) is 4.10. The highest BCUT2D eigenvalue weighted by Crippen LogP contribution is 2.13. The lowest BCUT2D eigenvalue weighted by Gasteiger charge is -2.15. The number of hydrogen-bond acceptors (Lipinski definition) is 3. The standard InChI is InChI=1S/C21H25NO3/c1-4-17-9-11-19(12-10-17)16(3)22-20(23)14-25-21(24)13-18-7-5-15(2)6-8-18/h5-12,16H,4,13-14H2,1-3H3,(H,22,23)/t16-/m0/s1. The summed E-state index contributed by atoms with van der Waals surface area (Å²) in [6.45, 7) is 5.74. The van der Waals surface area contributed by atoms with Gasteiger partial charge < -0.3 is 10.1 Å². The van der Waals surface area contributed by atoms with Crippen LogP contribution in [0.4, 0.5) is 0 Å². The molecule has 0 heterocycles. The van der Waals surface area contributed by atoms with Crippen molar-refractivity contribution >= 4 is 11.9 Å². The minimum absolute atomic E-state index is 0.130. The number of benzene rings is 2. The van der Waals surface area contributed by atoms with Crippen LogP contribution in [0.25, 0.3) is 0 Å². The molecule has 0 bridgehead atoms. The van der Waals surface area contributed by atoms with Gasteiger partial charge in [-0.3, -0.25) is 9.59 Å². The Morgan fingerprint density at radius 1 is 1.00 bits per heavy atom. The van der Waals surface area contributed by atoms with E-state index >= 15 is 0 Å². The Kier molecular flexibility index (Phi) is 6.75. The van der Waals surface area contributed by atoms with E-state index < -0.39 is 5.97 Å². The number of amides is 1. The largest absolute Gasteiger partial charge is 0.455 e. The zero-order chi connectivity index (χ0) is 18.2. The number of esters is 1. The Bertz CT molecular complexity index is 705. The molecule has 0 saturated carbocycles. The van der Waals surface area contributed by atoms with E-state index in [1.54, 1.807) is 0 Å². The molecule has 4 nitrogen and oxygen atoms in total. The number of ether oxygens (including phenoxy) is 1. The molecule has 0 unspecified atom stereocenters. The highest BCUT2D eigenvalue weighted by atomic mass is 16.5. The second kappa shape index (κ2) is 9.02. The van der Waals surface area contributed by atoms with Gasteiger partial charge in [-0.2, -0.15) is 0 Å². The van der Waals surface area contributed by atoms with Crippen LogP contribution in [0.3, 0.4) is 0 Å². The number of hydrogen-bond donors (Lipinski definition) is 1. The van der Waals surface area contributed by atoms with Crippen molar-refractivity contribution in [2.75, 3.05) is 6.61 Å². The molecule has 0 fully saturated rings. The van der Waals surface area contributed by atoms with Crippen LogP contribution in [0.15, 0.2) is 48.5 Å². The summed E-state index contributed by atoms with van der Waals surface area (Å²) in [5.74, 6) is -0.705. The van der Waals surface area contributed by atoms with Gasteiger partial charge in [0.25, 0.3) is 5.91 Å². The molecule has 0 radical (unpaired) electrons. The fraction of sp³-hybridized carbons (Fsp3) is 0.333. The van der Waals surface area contributed by atoms with Crippen LogP contribution in [0.5, 0.6) is 0 Å². The van der Waals surface area contributed by atoms with E-state index in [2.05, 4.69) is 24.4 Å². The average molecular weight is 339 g/mol. The number of nitrogens with one attached hydrogen (secondary N) is 1. The Balaban J connectivity index is 1.77. The number of rotatable bonds is 7. The highest BCUT2D eigenvalue weighted by molar-refractivity contribution is 5.81. The molecule has 4 heteroatoms. The van der Waals surface area contributed by atoms with E-state index in [-0.39, 0.29) is 25.0 Å². The van der Waals surface area contributed by atoms with E-state index in [9.17, 15) is 9.59 Å². The van der Waals surface area contributed by atoms with Crippen LogP contribution >= 0.6 is 0 Å². The molecule has 2 aromatic rings. The molecule has 0 saturated heterocycles. The van der Waals surface area contributed by atoms with Gasteiger partial charge in [-0.1, -0.05) is 61.0 Å². The van der Waals surface area contributed by atoms with Crippen molar-refractivity contribution in [2.45, 2.75) is 39.7 Å². The molecule has 132 valence electrons. The lowest BCUT2D eigenvalue weighted by Crippen LogP contribution is -2.31. The topological polar surface area (TPSA) is 55.4 Å². The van der Waals surface area contributed by atoms with Crippen molar-refractivity contribution in [2.24, 2.45) is 0 Å². The molecule has 2 rings (SSSR count). The first kappa shape index (κ1) is 18.7. The number of aryl methyl sites for hydroxylation is 2. The minimum Gasteiger partial charge on any atom is -0.455 e. The molecule has 0 spiro atoms. The Hall–Kier alpha value is -2.62. The molecule has 2 aromatic carbocycles. The predicted octanol–water partition coefficient (Wildman–Crippen LogP) is 3.52. The Morgan fingerprint density at radius 3 is 2.20 bits per heavy atom. The normalized spacial score (nSPS) is 11.6. The fourth-order valence-corrected chi connectivity index (χ4v) is 2.48.